The number of likely N-dealkylation sites (N-methyl/N-ethyl adjacent to an activating group) is 1. The number of rotatable bonds is 1. The second kappa shape index (κ2) is 5.15. The van der Waals surface area contributed by atoms with Gasteiger partial charge in [-0.05, 0) is 33.4 Å². The molecule has 0 radical (unpaired) electrons. The van der Waals surface area contributed by atoms with Crippen LogP contribution in [-0.4, -0.2) is 61.0 Å². The lowest BCUT2D eigenvalue weighted by Gasteiger charge is -2.40. The van der Waals surface area contributed by atoms with Crippen molar-refractivity contribution in [2.45, 2.75) is 38.3 Å². The number of carbonyl (C=O) groups is 1. The van der Waals surface area contributed by atoms with Crippen LogP contribution in [0.4, 0.5) is 0 Å². The van der Waals surface area contributed by atoms with E-state index in [1.807, 2.05) is 0 Å². The largest absolute Gasteiger partial charge is 0.336 e. The van der Waals surface area contributed by atoms with E-state index in [1.54, 1.807) is 0 Å². The van der Waals surface area contributed by atoms with Crippen LogP contribution in [-0.2, 0) is 4.79 Å². The van der Waals surface area contributed by atoms with Crippen LogP contribution >= 0.6 is 0 Å². The zero-order valence-electron chi connectivity index (χ0n) is 10.4. The molecule has 2 fully saturated rings. The maximum Gasteiger partial charge on any atom is 0.240 e. The van der Waals surface area contributed by atoms with Gasteiger partial charge in [0.05, 0.1) is 6.04 Å². The van der Waals surface area contributed by atoms with E-state index in [1.165, 1.54) is 12.8 Å². The average Bonchev–Trinajstić information content (AvgIpc) is 2.29. The maximum atomic E-state index is 12.3. The second-order valence-electron chi connectivity index (χ2n) is 5.15. The highest BCUT2D eigenvalue weighted by atomic mass is 16.2. The molecule has 2 aliphatic rings. The molecular weight excluding hydrogens is 202 g/mol. The Morgan fingerprint density at radius 1 is 1.31 bits per heavy atom. The summed E-state index contributed by atoms with van der Waals surface area (Å²) >= 11 is 0. The van der Waals surface area contributed by atoms with Gasteiger partial charge in [-0.1, -0.05) is 6.42 Å². The molecule has 0 saturated carbocycles. The normalized spacial score (nSPS) is 32.8. The van der Waals surface area contributed by atoms with Crippen LogP contribution < -0.4 is 5.32 Å². The lowest BCUT2D eigenvalue weighted by Crippen LogP contribution is -2.58. The van der Waals surface area contributed by atoms with E-state index >= 15 is 0 Å². The minimum absolute atomic E-state index is 0.0830. The first-order valence-electron chi connectivity index (χ1n) is 6.41. The van der Waals surface area contributed by atoms with Crippen LogP contribution in [0.5, 0.6) is 0 Å². The third-order valence-electron chi connectivity index (χ3n) is 3.72. The van der Waals surface area contributed by atoms with E-state index in [4.69, 9.17) is 0 Å². The first-order valence-corrected chi connectivity index (χ1v) is 6.41. The van der Waals surface area contributed by atoms with Gasteiger partial charge in [-0.15, -0.1) is 0 Å². The predicted octanol–water partition coefficient (Wildman–Crippen LogP) is 0.291. The summed E-state index contributed by atoms with van der Waals surface area (Å²) < 4.78 is 0. The van der Waals surface area contributed by atoms with E-state index in [-0.39, 0.29) is 6.04 Å². The predicted molar refractivity (Wildman–Crippen MR) is 64.3 cm³/mol. The summed E-state index contributed by atoms with van der Waals surface area (Å²) in [7, 11) is 2.12. The number of nitrogens with one attached hydrogen (secondary N) is 1. The summed E-state index contributed by atoms with van der Waals surface area (Å²) in [6.07, 6.45) is 3.41. The minimum Gasteiger partial charge on any atom is -0.336 e. The highest BCUT2D eigenvalue weighted by molar-refractivity contribution is 5.82. The summed E-state index contributed by atoms with van der Waals surface area (Å²) in [5.74, 6) is 0.320. The first kappa shape index (κ1) is 11.9. The fraction of sp³-hybridized carbons (Fsp3) is 0.917. The Kier molecular flexibility index (Phi) is 3.82. The molecule has 1 unspecified atom stereocenters. The van der Waals surface area contributed by atoms with Crippen LogP contribution in [0.1, 0.15) is 26.2 Å². The Balaban J connectivity index is 1.92. The smallest absolute Gasteiger partial charge is 0.240 e. The molecule has 1 N–H and O–H groups in total. The third kappa shape index (κ3) is 2.55. The van der Waals surface area contributed by atoms with Crippen LogP contribution in [0.2, 0.25) is 0 Å². The summed E-state index contributed by atoms with van der Waals surface area (Å²) in [6.45, 7) is 6.03. The molecule has 0 aromatic rings. The van der Waals surface area contributed by atoms with Gasteiger partial charge in [0.2, 0.25) is 5.91 Å². The first-order chi connectivity index (χ1) is 7.68. The minimum atomic E-state index is 0.0830. The van der Waals surface area contributed by atoms with Crippen molar-refractivity contribution in [2.24, 2.45) is 0 Å². The quantitative estimate of drug-likeness (QED) is 0.697. The number of amides is 1. The van der Waals surface area contributed by atoms with Gasteiger partial charge in [0.1, 0.15) is 0 Å². The fourth-order valence-corrected chi connectivity index (χ4v) is 2.73. The summed E-state index contributed by atoms with van der Waals surface area (Å²) in [5, 5.41) is 3.34. The summed E-state index contributed by atoms with van der Waals surface area (Å²) in [5.41, 5.74) is 0. The van der Waals surface area contributed by atoms with Gasteiger partial charge in [-0.2, -0.15) is 0 Å². The van der Waals surface area contributed by atoms with Gasteiger partial charge in [-0.3, -0.25) is 4.79 Å². The molecule has 2 atom stereocenters. The van der Waals surface area contributed by atoms with Gasteiger partial charge in [0.15, 0.2) is 0 Å². The van der Waals surface area contributed by atoms with Crippen LogP contribution in [0.25, 0.3) is 0 Å². The molecule has 0 spiro atoms. The standard InChI is InChI=1S/C12H23N3O/c1-10-9-14(2)7-8-15(10)12(16)11-5-3-4-6-13-11/h10-11,13H,3-9H2,1-2H3/t10?,11-/m0/s1. The van der Waals surface area contributed by atoms with Gasteiger partial charge in [0.25, 0.3) is 0 Å². The molecule has 2 aliphatic heterocycles. The molecule has 2 heterocycles. The Hall–Kier alpha value is -0.610. The molecule has 2 rings (SSSR count). The molecule has 16 heavy (non-hydrogen) atoms. The van der Waals surface area contributed by atoms with E-state index < -0.39 is 0 Å². The number of nitrogens with zero attached hydrogens (tertiary/aromatic N) is 2. The van der Waals surface area contributed by atoms with Crippen molar-refractivity contribution in [2.75, 3.05) is 33.2 Å². The number of hydrogen-bond acceptors (Lipinski definition) is 3. The molecule has 0 aliphatic carbocycles. The Morgan fingerprint density at radius 3 is 2.75 bits per heavy atom. The second-order valence-corrected chi connectivity index (χ2v) is 5.15. The van der Waals surface area contributed by atoms with E-state index in [0.29, 0.717) is 11.9 Å². The highest BCUT2D eigenvalue weighted by Crippen LogP contribution is 2.14. The van der Waals surface area contributed by atoms with Crippen LogP contribution in [0.15, 0.2) is 0 Å². The monoisotopic (exact) mass is 225 g/mol. The van der Waals surface area contributed by atoms with E-state index in [2.05, 4.69) is 29.1 Å². The molecule has 4 heteroatoms. The van der Waals surface area contributed by atoms with Crippen LogP contribution in [0.3, 0.4) is 0 Å². The average molecular weight is 225 g/mol. The van der Waals surface area contributed by atoms with Gasteiger partial charge in [-0.25, -0.2) is 0 Å². The van der Waals surface area contributed by atoms with Crippen molar-refractivity contribution < 1.29 is 4.79 Å². The van der Waals surface area contributed by atoms with E-state index in [9.17, 15) is 4.79 Å². The molecule has 4 nitrogen and oxygen atoms in total. The lowest BCUT2D eigenvalue weighted by molar-refractivity contribution is -0.138. The summed E-state index contributed by atoms with van der Waals surface area (Å²) in [6, 6.07) is 0.439. The zero-order valence-corrected chi connectivity index (χ0v) is 10.4. The van der Waals surface area contributed by atoms with Crippen molar-refractivity contribution in [3.05, 3.63) is 0 Å². The Morgan fingerprint density at radius 2 is 2.12 bits per heavy atom. The molecule has 0 aromatic heterocycles. The van der Waals surface area contributed by atoms with E-state index in [0.717, 1.165) is 32.6 Å². The Bertz CT molecular complexity index is 251. The lowest BCUT2D eigenvalue weighted by atomic mass is 10.0. The van der Waals surface area contributed by atoms with Crippen molar-refractivity contribution in [3.8, 4) is 0 Å². The van der Waals surface area contributed by atoms with Crippen molar-refractivity contribution in [3.63, 3.8) is 0 Å². The maximum absolute atomic E-state index is 12.3. The van der Waals surface area contributed by atoms with Gasteiger partial charge < -0.3 is 15.1 Å². The SMILES string of the molecule is CC1CN(C)CCN1C(=O)[C@@H]1CCCCN1. The molecular formula is C12H23N3O. The topological polar surface area (TPSA) is 35.6 Å². The zero-order chi connectivity index (χ0) is 11.5. The summed E-state index contributed by atoms with van der Waals surface area (Å²) in [4.78, 5) is 16.7. The van der Waals surface area contributed by atoms with Gasteiger partial charge in [0, 0.05) is 25.7 Å². The molecule has 0 aromatic carbocycles. The van der Waals surface area contributed by atoms with Crippen molar-refractivity contribution >= 4 is 5.91 Å². The molecule has 1 amide bonds. The number of carbonyl (C=O) groups excluding carboxylic acids is 1. The molecule has 2 saturated heterocycles. The number of hydrogen-bond donors (Lipinski definition) is 1. The Labute approximate surface area is 98.0 Å². The number of piperidine rings is 1. The van der Waals surface area contributed by atoms with Crippen molar-refractivity contribution in [1.29, 1.82) is 0 Å². The van der Waals surface area contributed by atoms with Crippen LogP contribution in [0, 0.1) is 0 Å². The fourth-order valence-electron chi connectivity index (χ4n) is 2.73. The van der Waals surface area contributed by atoms with Gasteiger partial charge >= 0.3 is 0 Å². The van der Waals surface area contributed by atoms with Crippen molar-refractivity contribution in [1.82, 2.24) is 15.1 Å². The highest BCUT2D eigenvalue weighted by Gasteiger charge is 2.31. The molecule has 92 valence electrons. The number of piperazine rings is 1. The molecule has 0 bridgehead atoms. The third-order valence-corrected chi connectivity index (χ3v) is 3.72.